The minimum absolute atomic E-state index is 0.0516. The van der Waals surface area contributed by atoms with Crippen LogP contribution in [-0.2, 0) is 6.54 Å². The first kappa shape index (κ1) is 19.4. The van der Waals surface area contributed by atoms with E-state index in [4.69, 9.17) is 0 Å². The molecule has 1 fully saturated rings. The quantitative estimate of drug-likeness (QED) is 0.700. The Morgan fingerprint density at radius 2 is 1.90 bits per heavy atom. The fourth-order valence-corrected chi connectivity index (χ4v) is 3.90. The number of benzene rings is 1. The SMILES string of the molecule is O=C(N[C@H]1CCCC[C@@H]1O)c1cn(Cc2ccncc2F)c2c(F)ccc(F)c12. The zero-order valence-electron chi connectivity index (χ0n) is 15.5. The van der Waals surface area contributed by atoms with E-state index in [2.05, 4.69) is 10.3 Å². The topological polar surface area (TPSA) is 67.2 Å². The number of aliphatic hydroxyl groups is 1. The summed E-state index contributed by atoms with van der Waals surface area (Å²) in [5.74, 6) is -2.64. The Labute approximate surface area is 165 Å². The van der Waals surface area contributed by atoms with Crippen LogP contribution in [0.15, 0.2) is 36.8 Å². The van der Waals surface area contributed by atoms with Gasteiger partial charge in [-0.2, -0.15) is 0 Å². The third-order valence-electron chi connectivity index (χ3n) is 5.41. The number of carbonyl (C=O) groups is 1. The predicted octanol–water partition coefficient (Wildman–Crippen LogP) is 3.54. The van der Waals surface area contributed by atoms with Crippen LogP contribution in [0.3, 0.4) is 0 Å². The molecule has 1 aliphatic carbocycles. The molecule has 29 heavy (non-hydrogen) atoms. The van der Waals surface area contributed by atoms with Crippen molar-refractivity contribution < 1.29 is 23.1 Å². The second-order valence-corrected chi connectivity index (χ2v) is 7.32. The van der Waals surface area contributed by atoms with Crippen molar-refractivity contribution in [1.29, 1.82) is 0 Å². The summed E-state index contributed by atoms with van der Waals surface area (Å²) >= 11 is 0. The lowest BCUT2D eigenvalue weighted by molar-refractivity contribution is 0.0718. The van der Waals surface area contributed by atoms with Crippen molar-refractivity contribution >= 4 is 16.8 Å². The van der Waals surface area contributed by atoms with E-state index in [-0.39, 0.29) is 28.6 Å². The van der Waals surface area contributed by atoms with E-state index < -0.39 is 35.5 Å². The fraction of sp³-hybridized carbons (Fsp3) is 0.333. The number of hydrogen-bond acceptors (Lipinski definition) is 3. The molecule has 1 amide bonds. The van der Waals surface area contributed by atoms with Crippen LogP contribution in [0, 0.1) is 17.5 Å². The third kappa shape index (κ3) is 3.72. The number of rotatable bonds is 4. The van der Waals surface area contributed by atoms with E-state index in [1.54, 1.807) is 0 Å². The summed E-state index contributed by atoms with van der Waals surface area (Å²) in [4.78, 5) is 16.5. The van der Waals surface area contributed by atoms with E-state index in [0.717, 1.165) is 31.2 Å². The van der Waals surface area contributed by atoms with Gasteiger partial charge in [0.1, 0.15) is 17.5 Å². The molecule has 4 rings (SSSR count). The molecular formula is C21H20F3N3O2. The summed E-state index contributed by atoms with van der Waals surface area (Å²) in [7, 11) is 0. The molecule has 0 saturated heterocycles. The molecule has 2 atom stereocenters. The van der Waals surface area contributed by atoms with Gasteiger partial charge in [0.05, 0.1) is 41.4 Å². The second-order valence-electron chi connectivity index (χ2n) is 7.32. The highest BCUT2D eigenvalue weighted by Crippen LogP contribution is 2.29. The monoisotopic (exact) mass is 403 g/mol. The van der Waals surface area contributed by atoms with Gasteiger partial charge in [-0.3, -0.25) is 9.78 Å². The number of aromatic nitrogens is 2. The first-order valence-electron chi connectivity index (χ1n) is 9.50. The van der Waals surface area contributed by atoms with Crippen LogP contribution in [-0.4, -0.2) is 32.7 Å². The largest absolute Gasteiger partial charge is 0.391 e. The van der Waals surface area contributed by atoms with Crippen molar-refractivity contribution in [2.24, 2.45) is 0 Å². The summed E-state index contributed by atoms with van der Waals surface area (Å²) < 4.78 is 44.5. The first-order valence-corrected chi connectivity index (χ1v) is 9.50. The van der Waals surface area contributed by atoms with Crippen LogP contribution in [0.1, 0.15) is 41.6 Å². The summed E-state index contributed by atoms with van der Waals surface area (Å²) in [6.45, 7) is -0.0927. The third-order valence-corrected chi connectivity index (χ3v) is 5.41. The van der Waals surface area contributed by atoms with Gasteiger partial charge in [0.25, 0.3) is 5.91 Å². The normalized spacial score (nSPS) is 19.4. The number of halogens is 3. The Kier molecular flexibility index (Phi) is 5.27. The highest BCUT2D eigenvalue weighted by molar-refractivity contribution is 6.07. The Bertz CT molecular complexity index is 1070. The standard InChI is InChI=1S/C21H20F3N3O2/c22-14-5-6-15(23)20-19(14)13(21(29)26-17-3-1-2-4-18(17)28)11-27(20)10-12-7-8-25-9-16(12)24/h5-9,11,17-18,28H,1-4,10H2,(H,26,29)/t17-,18-/m0/s1. The van der Waals surface area contributed by atoms with Gasteiger partial charge in [0.2, 0.25) is 0 Å². The lowest BCUT2D eigenvalue weighted by Gasteiger charge is -2.28. The number of aliphatic hydroxyl groups excluding tert-OH is 1. The number of hydrogen-bond donors (Lipinski definition) is 2. The van der Waals surface area contributed by atoms with Gasteiger partial charge in [0.15, 0.2) is 0 Å². The molecule has 0 unspecified atom stereocenters. The van der Waals surface area contributed by atoms with E-state index in [9.17, 15) is 23.1 Å². The maximum Gasteiger partial charge on any atom is 0.253 e. The molecule has 1 aromatic carbocycles. The van der Waals surface area contributed by atoms with Crippen molar-refractivity contribution in [1.82, 2.24) is 14.9 Å². The summed E-state index contributed by atoms with van der Waals surface area (Å²) in [5, 5.41) is 12.7. The molecule has 8 heteroatoms. The minimum Gasteiger partial charge on any atom is -0.391 e. The number of fused-ring (bicyclic) bond motifs is 1. The average molecular weight is 403 g/mol. The van der Waals surface area contributed by atoms with E-state index in [1.165, 1.54) is 23.0 Å². The van der Waals surface area contributed by atoms with Gasteiger partial charge >= 0.3 is 0 Å². The van der Waals surface area contributed by atoms with Crippen LogP contribution in [0.4, 0.5) is 13.2 Å². The lowest BCUT2D eigenvalue weighted by Crippen LogP contribution is -2.45. The first-order chi connectivity index (χ1) is 14.0. The predicted molar refractivity (Wildman–Crippen MR) is 101 cm³/mol. The van der Waals surface area contributed by atoms with Crippen LogP contribution in [0.25, 0.3) is 10.9 Å². The molecular weight excluding hydrogens is 383 g/mol. The molecule has 1 saturated carbocycles. The molecule has 2 heterocycles. The molecule has 0 radical (unpaired) electrons. The van der Waals surface area contributed by atoms with Gasteiger partial charge in [-0.05, 0) is 31.0 Å². The van der Waals surface area contributed by atoms with Crippen molar-refractivity contribution in [3.8, 4) is 0 Å². The Morgan fingerprint density at radius 1 is 1.14 bits per heavy atom. The minimum atomic E-state index is -0.746. The number of nitrogens with zero attached hydrogens (tertiary/aromatic N) is 2. The highest BCUT2D eigenvalue weighted by atomic mass is 19.1. The summed E-state index contributed by atoms with van der Waals surface area (Å²) in [5.41, 5.74) is 0.0648. The van der Waals surface area contributed by atoms with Crippen molar-refractivity contribution in [2.75, 3.05) is 0 Å². The average Bonchev–Trinajstić information content (AvgIpc) is 3.09. The van der Waals surface area contributed by atoms with Gasteiger partial charge in [-0.25, -0.2) is 13.2 Å². The zero-order valence-corrected chi connectivity index (χ0v) is 15.5. The molecule has 3 aromatic rings. The van der Waals surface area contributed by atoms with Gasteiger partial charge in [-0.15, -0.1) is 0 Å². The zero-order chi connectivity index (χ0) is 20.5. The molecule has 0 spiro atoms. The molecule has 5 nitrogen and oxygen atoms in total. The summed E-state index contributed by atoms with van der Waals surface area (Å²) in [6.07, 6.45) is 6.03. The highest BCUT2D eigenvalue weighted by Gasteiger charge is 2.27. The Hall–Kier alpha value is -2.87. The summed E-state index contributed by atoms with van der Waals surface area (Å²) in [6, 6.07) is 2.94. The molecule has 152 valence electrons. The maximum absolute atomic E-state index is 14.6. The van der Waals surface area contributed by atoms with Crippen molar-refractivity contribution in [3.63, 3.8) is 0 Å². The number of amides is 1. The molecule has 1 aliphatic rings. The number of carbonyl (C=O) groups excluding carboxylic acids is 1. The van der Waals surface area contributed by atoms with Crippen LogP contribution < -0.4 is 5.32 Å². The number of nitrogens with one attached hydrogen (secondary N) is 1. The molecule has 0 aliphatic heterocycles. The smallest absolute Gasteiger partial charge is 0.253 e. The van der Waals surface area contributed by atoms with Crippen molar-refractivity contribution in [2.45, 2.75) is 44.4 Å². The van der Waals surface area contributed by atoms with Crippen molar-refractivity contribution in [3.05, 3.63) is 65.4 Å². The van der Waals surface area contributed by atoms with Crippen LogP contribution >= 0.6 is 0 Å². The number of pyridine rings is 1. The van der Waals surface area contributed by atoms with E-state index in [0.29, 0.717) is 12.8 Å². The van der Waals surface area contributed by atoms with Crippen LogP contribution in [0.2, 0.25) is 0 Å². The Morgan fingerprint density at radius 3 is 2.66 bits per heavy atom. The Balaban J connectivity index is 1.75. The maximum atomic E-state index is 14.6. The van der Waals surface area contributed by atoms with E-state index in [1.807, 2.05) is 0 Å². The lowest BCUT2D eigenvalue weighted by atomic mass is 9.92. The van der Waals surface area contributed by atoms with Gasteiger partial charge in [-0.1, -0.05) is 12.8 Å². The van der Waals surface area contributed by atoms with Crippen LogP contribution in [0.5, 0.6) is 0 Å². The fourth-order valence-electron chi connectivity index (χ4n) is 3.90. The second kappa shape index (κ2) is 7.87. The van der Waals surface area contributed by atoms with Gasteiger partial charge in [0, 0.05) is 18.0 Å². The molecule has 2 N–H and O–H groups in total. The van der Waals surface area contributed by atoms with Gasteiger partial charge < -0.3 is 15.0 Å². The molecule has 2 aromatic heterocycles. The molecule has 0 bridgehead atoms. The van der Waals surface area contributed by atoms with E-state index >= 15 is 0 Å².